The summed E-state index contributed by atoms with van der Waals surface area (Å²) in [5.41, 5.74) is 0.459. The van der Waals surface area contributed by atoms with Crippen LogP contribution >= 0.6 is 11.8 Å². The summed E-state index contributed by atoms with van der Waals surface area (Å²) in [6.07, 6.45) is 0.824. The quantitative estimate of drug-likeness (QED) is 0.674. The van der Waals surface area contributed by atoms with Gasteiger partial charge in [-0.3, -0.25) is 9.59 Å². The smallest absolute Gasteiger partial charge is 0.242 e. The summed E-state index contributed by atoms with van der Waals surface area (Å²) in [7, 11) is 0. The van der Waals surface area contributed by atoms with Gasteiger partial charge in [0.25, 0.3) is 0 Å². The van der Waals surface area contributed by atoms with Crippen LogP contribution in [0.5, 0.6) is 0 Å². The van der Waals surface area contributed by atoms with Crippen molar-refractivity contribution in [2.75, 3.05) is 12.3 Å². The number of thioether (sulfide) groups is 1. The summed E-state index contributed by atoms with van der Waals surface area (Å²) < 4.78 is 14.7. The highest BCUT2D eigenvalue weighted by Crippen LogP contribution is 2.18. The molecule has 25 heavy (non-hydrogen) atoms. The normalized spacial score (nSPS) is 11.8. The first-order chi connectivity index (χ1) is 12.0. The molecule has 0 bridgehead atoms. The van der Waals surface area contributed by atoms with Crippen LogP contribution in [0.3, 0.4) is 0 Å². The molecule has 2 N–H and O–H groups in total. The van der Waals surface area contributed by atoms with Gasteiger partial charge in [-0.1, -0.05) is 24.8 Å². The predicted octanol–water partition coefficient (Wildman–Crippen LogP) is 0.924. The van der Waals surface area contributed by atoms with Crippen LogP contribution in [-0.4, -0.2) is 50.4 Å². The first-order valence-corrected chi connectivity index (χ1v) is 8.74. The van der Waals surface area contributed by atoms with Crippen molar-refractivity contribution < 1.29 is 14.0 Å². The van der Waals surface area contributed by atoms with E-state index in [9.17, 15) is 14.0 Å². The lowest BCUT2D eigenvalue weighted by Gasteiger charge is -2.13. The summed E-state index contributed by atoms with van der Waals surface area (Å²) in [6, 6.07) is 5.19. The zero-order valence-electron chi connectivity index (χ0n) is 13.9. The number of hydrogen-bond acceptors (Lipinski definition) is 6. The van der Waals surface area contributed by atoms with Gasteiger partial charge in [0.2, 0.25) is 17.0 Å². The molecule has 1 atom stereocenters. The van der Waals surface area contributed by atoms with Gasteiger partial charge in [-0.05, 0) is 42.0 Å². The highest BCUT2D eigenvalue weighted by atomic mass is 32.2. The van der Waals surface area contributed by atoms with Crippen LogP contribution < -0.4 is 10.6 Å². The molecule has 0 spiro atoms. The molecule has 1 aromatic carbocycles. The maximum absolute atomic E-state index is 13.3. The molecule has 2 amide bonds. The first-order valence-electron chi connectivity index (χ1n) is 7.75. The Bertz CT molecular complexity index is 738. The van der Waals surface area contributed by atoms with Crippen molar-refractivity contribution in [3.05, 3.63) is 30.1 Å². The second kappa shape index (κ2) is 9.11. The van der Waals surface area contributed by atoms with E-state index in [1.807, 2.05) is 6.92 Å². The summed E-state index contributed by atoms with van der Waals surface area (Å²) in [4.78, 5) is 23.7. The third kappa shape index (κ3) is 5.52. The largest absolute Gasteiger partial charge is 0.354 e. The lowest BCUT2D eigenvalue weighted by molar-refractivity contribution is -0.127. The third-order valence-electron chi connectivity index (χ3n) is 3.15. The van der Waals surface area contributed by atoms with Gasteiger partial charge in [0.1, 0.15) is 11.9 Å². The molecular weight excluding hydrogens is 347 g/mol. The third-order valence-corrected chi connectivity index (χ3v) is 4.07. The molecule has 10 heteroatoms. The molecule has 8 nitrogen and oxygen atoms in total. The Balaban J connectivity index is 1.91. The average Bonchev–Trinajstić information content (AvgIpc) is 3.06. The summed E-state index contributed by atoms with van der Waals surface area (Å²) >= 11 is 1.09. The second-order valence-electron chi connectivity index (χ2n) is 5.22. The molecule has 134 valence electrons. The standard InChI is InChI=1S/C15H19FN6O2S/c1-3-7-17-14(24)10(2)18-13(23)9-25-15-19-20-21-22(15)12-6-4-5-11(16)8-12/h4-6,8,10H,3,7,9H2,1-2H3,(H,17,24)(H,18,23)/t10-/m0/s1. The first kappa shape index (κ1) is 18.8. The summed E-state index contributed by atoms with van der Waals surface area (Å²) in [6.45, 7) is 4.13. The molecule has 0 unspecified atom stereocenters. The van der Waals surface area contributed by atoms with Gasteiger partial charge in [0, 0.05) is 6.54 Å². The molecule has 0 fully saturated rings. The van der Waals surface area contributed by atoms with E-state index in [0.717, 1.165) is 18.2 Å². The molecule has 1 aromatic heterocycles. The van der Waals surface area contributed by atoms with Crippen LogP contribution in [-0.2, 0) is 9.59 Å². The van der Waals surface area contributed by atoms with E-state index in [1.54, 1.807) is 19.1 Å². The van der Waals surface area contributed by atoms with E-state index >= 15 is 0 Å². The minimum Gasteiger partial charge on any atom is -0.354 e. The number of rotatable bonds is 8. The molecule has 0 aliphatic rings. The number of nitrogens with one attached hydrogen (secondary N) is 2. The van der Waals surface area contributed by atoms with Crippen molar-refractivity contribution in [2.24, 2.45) is 0 Å². The van der Waals surface area contributed by atoms with E-state index in [4.69, 9.17) is 0 Å². The van der Waals surface area contributed by atoms with Gasteiger partial charge in [0.15, 0.2) is 0 Å². The van der Waals surface area contributed by atoms with E-state index in [0.29, 0.717) is 17.4 Å². The monoisotopic (exact) mass is 366 g/mol. The number of aromatic nitrogens is 4. The van der Waals surface area contributed by atoms with E-state index in [2.05, 4.69) is 26.2 Å². The highest BCUT2D eigenvalue weighted by Gasteiger charge is 2.17. The van der Waals surface area contributed by atoms with Gasteiger partial charge in [0.05, 0.1) is 11.4 Å². The Hall–Kier alpha value is -2.49. The maximum atomic E-state index is 13.3. The number of benzene rings is 1. The van der Waals surface area contributed by atoms with Gasteiger partial charge < -0.3 is 10.6 Å². The fraction of sp³-hybridized carbons (Fsp3) is 0.400. The average molecular weight is 366 g/mol. The van der Waals surface area contributed by atoms with Crippen LogP contribution in [0, 0.1) is 5.82 Å². The van der Waals surface area contributed by atoms with Crippen molar-refractivity contribution >= 4 is 23.6 Å². The molecule has 0 saturated heterocycles. The number of carbonyl (C=O) groups excluding carboxylic acids is 2. The Kier molecular flexibility index (Phi) is 6.87. The Labute approximate surface area is 148 Å². The van der Waals surface area contributed by atoms with Gasteiger partial charge in [-0.15, -0.1) is 5.10 Å². The Morgan fingerprint density at radius 3 is 2.92 bits per heavy atom. The van der Waals surface area contributed by atoms with Crippen LogP contribution in [0.2, 0.25) is 0 Å². The lowest BCUT2D eigenvalue weighted by atomic mass is 10.3. The molecule has 0 saturated carbocycles. The molecule has 0 radical (unpaired) electrons. The van der Waals surface area contributed by atoms with Gasteiger partial charge in [-0.25, -0.2) is 4.39 Å². The predicted molar refractivity (Wildman–Crippen MR) is 90.7 cm³/mol. The zero-order valence-corrected chi connectivity index (χ0v) is 14.7. The number of amides is 2. The number of carbonyl (C=O) groups is 2. The van der Waals surface area contributed by atoms with Crippen molar-refractivity contribution in [1.82, 2.24) is 30.8 Å². The minimum absolute atomic E-state index is 0.0289. The molecule has 0 aliphatic heterocycles. The molecule has 2 aromatic rings. The van der Waals surface area contributed by atoms with E-state index in [1.165, 1.54) is 16.8 Å². The van der Waals surface area contributed by atoms with Gasteiger partial charge >= 0.3 is 0 Å². The van der Waals surface area contributed by atoms with Gasteiger partial charge in [-0.2, -0.15) is 4.68 Å². The molecule has 0 aliphatic carbocycles. The van der Waals surface area contributed by atoms with Crippen molar-refractivity contribution in [3.8, 4) is 5.69 Å². The highest BCUT2D eigenvalue weighted by molar-refractivity contribution is 7.99. The Morgan fingerprint density at radius 1 is 1.40 bits per heavy atom. The van der Waals surface area contributed by atoms with Crippen molar-refractivity contribution in [1.29, 1.82) is 0 Å². The van der Waals surface area contributed by atoms with Crippen LogP contribution in [0.1, 0.15) is 20.3 Å². The van der Waals surface area contributed by atoms with E-state index in [-0.39, 0.29) is 17.6 Å². The van der Waals surface area contributed by atoms with Crippen LogP contribution in [0.4, 0.5) is 4.39 Å². The summed E-state index contributed by atoms with van der Waals surface area (Å²) in [5, 5.41) is 16.9. The second-order valence-corrected chi connectivity index (χ2v) is 6.16. The fourth-order valence-corrected chi connectivity index (χ4v) is 2.62. The topological polar surface area (TPSA) is 102 Å². The van der Waals surface area contributed by atoms with Crippen LogP contribution in [0.15, 0.2) is 29.4 Å². The van der Waals surface area contributed by atoms with Crippen molar-refractivity contribution in [3.63, 3.8) is 0 Å². The fourth-order valence-electron chi connectivity index (χ4n) is 1.92. The zero-order chi connectivity index (χ0) is 18.2. The number of tetrazole rings is 1. The molecule has 2 rings (SSSR count). The molecule has 1 heterocycles. The van der Waals surface area contributed by atoms with Crippen molar-refractivity contribution in [2.45, 2.75) is 31.5 Å². The number of hydrogen-bond donors (Lipinski definition) is 2. The minimum atomic E-state index is -0.626. The maximum Gasteiger partial charge on any atom is 0.242 e. The Morgan fingerprint density at radius 2 is 2.20 bits per heavy atom. The van der Waals surface area contributed by atoms with E-state index < -0.39 is 11.9 Å². The lowest BCUT2D eigenvalue weighted by Crippen LogP contribution is -2.45. The number of nitrogens with zero attached hydrogens (tertiary/aromatic N) is 4. The number of halogens is 1. The summed E-state index contributed by atoms with van der Waals surface area (Å²) in [5.74, 6) is -0.933. The molecular formula is C15H19FN6O2S. The SMILES string of the molecule is CCCNC(=O)[C@H](C)NC(=O)CSc1nnnn1-c1cccc(F)c1. The van der Waals surface area contributed by atoms with Crippen LogP contribution in [0.25, 0.3) is 5.69 Å².